The van der Waals surface area contributed by atoms with Crippen LogP contribution in [0.25, 0.3) is 0 Å². The Morgan fingerprint density at radius 1 is 1.07 bits per heavy atom. The molecule has 83 valence electrons. The molecule has 0 aliphatic heterocycles. The molecule has 5 heteroatoms. The van der Waals surface area contributed by atoms with Crippen molar-refractivity contribution in [1.82, 2.24) is 0 Å². The first-order valence-corrected chi connectivity index (χ1v) is 6.12. The predicted molar refractivity (Wildman–Crippen MR) is 54.7 cm³/mol. The quantitative estimate of drug-likeness (QED) is 0.616. The van der Waals surface area contributed by atoms with E-state index < -0.39 is 10.1 Å². The van der Waals surface area contributed by atoms with Crippen molar-refractivity contribution in [3.05, 3.63) is 29.8 Å². The van der Waals surface area contributed by atoms with Gasteiger partial charge in [-0.3, -0.25) is 4.55 Å². The molecule has 15 heavy (non-hydrogen) atoms. The summed E-state index contributed by atoms with van der Waals surface area (Å²) in [5.41, 5.74) is 0.968. The molecule has 0 aliphatic rings. The zero-order valence-electron chi connectivity index (χ0n) is 8.22. The van der Waals surface area contributed by atoms with Crippen LogP contribution in [0.3, 0.4) is 0 Å². The average molecular weight is 229 g/mol. The highest BCUT2D eigenvalue weighted by Gasteiger charge is 2.07. The van der Waals surface area contributed by atoms with Crippen molar-refractivity contribution in [3.8, 4) is 0 Å². The number of hydrogen-bond acceptors (Lipinski definition) is 2. The van der Waals surface area contributed by atoms with Crippen molar-refractivity contribution >= 4 is 10.1 Å². The summed E-state index contributed by atoms with van der Waals surface area (Å²) in [5, 5.41) is 10.2. The molecular formula is C10H13O4S. The first-order valence-electron chi connectivity index (χ1n) is 4.68. The maximum Gasteiger partial charge on any atom is 0.294 e. The fourth-order valence-electron chi connectivity index (χ4n) is 1.26. The highest BCUT2D eigenvalue weighted by molar-refractivity contribution is 7.85. The van der Waals surface area contributed by atoms with E-state index in [9.17, 15) is 13.5 Å². The number of aryl methyl sites for hydroxylation is 1. The van der Waals surface area contributed by atoms with Crippen LogP contribution in [-0.4, -0.2) is 19.6 Å². The van der Waals surface area contributed by atoms with Crippen LogP contribution in [0.2, 0.25) is 0 Å². The molecule has 0 saturated heterocycles. The van der Waals surface area contributed by atoms with E-state index in [2.05, 4.69) is 0 Å². The van der Waals surface area contributed by atoms with E-state index in [-0.39, 0.29) is 11.5 Å². The van der Waals surface area contributed by atoms with E-state index in [1.54, 1.807) is 12.1 Å². The molecule has 1 rings (SSSR count). The lowest BCUT2D eigenvalue weighted by Gasteiger charge is -2.01. The summed E-state index contributed by atoms with van der Waals surface area (Å²) in [5.74, 6) is 0. The minimum atomic E-state index is -4.09. The van der Waals surface area contributed by atoms with Crippen molar-refractivity contribution in [2.75, 3.05) is 6.61 Å². The Hall–Kier alpha value is -0.910. The number of rotatable bonds is 5. The molecule has 0 aliphatic carbocycles. The van der Waals surface area contributed by atoms with Crippen molar-refractivity contribution in [3.63, 3.8) is 0 Å². The van der Waals surface area contributed by atoms with Crippen LogP contribution in [-0.2, 0) is 21.6 Å². The van der Waals surface area contributed by atoms with E-state index in [1.165, 1.54) is 12.1 Å². The summed E-state index contributed by atoms with van der Waals surface area (Å²) in [6.45, 7) is -0.0803. The molecule has 0 unspecified atom stereocenters. The average Bonchev–Trinajstić information content (AvgIpc) is 2.18. The third-order valence-corrected chi connectivity index (χ3v) is 2.95. The van der Waals surface area contributed by atoms with Crippen LogP contribution < -0.4 is 0 Å². The highest BCUT2D eigenvalue weighted by Crippen LogP contribution is 2.11. The van der Waals surface area contributed by atoms with Crippen LogP contribution >= 0.6 is 0 Å². The molecule has 1 aromatic rings. The van der Waals surface area contributed by atoms with Gasteiger partial charge < -0.3 is 0 Å². The summed E-state index contributed by atoms with van der Waals surface area (Å²) in [6, 6.07) is 6.02. The third kappa shape index (κ3) is 3.99. The molecule has 1 radical (unpaired) electrons. The van der Waals surface area contributed by atoms with Crippen LogP contribution in [0.1, 0.15) is 18.4 Å². The minimum Gasteiger partial charge on any atom is -0.282 e. The molecule has 4 nitrogen and oxygen atoms in total. The minimum absolute atomic E-state index is 0.0803. The molecule has 0 heterocycles. The van der Waals surface area contributed by atoms with Gasteiger partial charge in [-0.05, 0) is 37.0 Å². The van der Waals surface area contributed by atoms with Gasteiger partial charge in [-0.15, -0.1) is 0 Å². The van der Waals surface area contributed by atoms with Crippen LogP contribution in [0.15, 0.2) is 29.2 Å². The van der Waals surface area contributed by atoms with Gasteiger partial charge in [0, 0.05) is 0 Å². The summed E-state index contributed by atoms with van der Waals surface area (Å²) in [6.07, 6.45) is 2.18. The number of benzene rings is 1. The van der Waals surface area contributed by atoms with Gasteiger partial charge in [0.15, 0.2) is 0 Å². The molecule has 0 fully saturated rings. The van der Waals surface area contributed by atoms with Gasteiger partial charge in [-0.25, -0.2) is 5.11 Å². The van der Waals surface area contributed by atoms with Gasteiger partial charge in [0.25, 0.3) is 10.1 Å². The van der Waals surface area contributed by atoms with Crippen LogP contribution in [0.4, 0.5) is 0 Å². The smallest absolute Gasteiger partial charge is 0.282 e. The van der Waals surface area contributed by atoms with Gasteiger partial charge in [0.05, 0.1) is 11.5 Å². The normalized spacial score (nSPS) is 11.6. The molecule has 0 spiro atoms. The van der Waals surface area contributed by atoms with E-state index in [0.29, 0.717) is 6.42 Å². The Labute approximate surface area is 89.3 Å². The monoisotopic (exact) mass is 229 g/mol. The summed E-state index contributed by atoms with van der Waals surface area (Å²) < 4.78 is 30.2. The SMILES string of the molecule is [O]CCCCc1ccc(S(=O)(=O)O)cc1. The second kappa shape index (κ2) is 5.25. The van der Waals surface area contributed by atoms with Gasteiger partial charge in [-0.1, -0.05) is 12.1 Å². The topological polar surface area (TPSA) is 74.3 Å². The standard InChI is InChI=1S/C10H13O4S/c11-8-2-1-3-9-4-6-10(7-5-9)15(12,13)14/h4-7H,1-3,8H2,(H,12,13,14). The van der Waals surface area contributed by atoms with E-state index in [4.69, 9.17) is 4.55 Å². The molecule has 0 atom stereocenters. The number of unbranched alkanes of at least 4 members (excludes halogenated alkanes) is 1. The molecule has 0 aromatic heterocycles. The van der Waals surface area contributed by atoms with E-state index >= 15 is 0 Å². The Kier molecular flexibility index (Phi) is 4.26. The van der Waals surface area contributed by atoms with Crippen molar-refractivity contribution in [2.45, 2.75) is 24.2 Å². The third-order valence-electron chi connectivity index (χ3n) is 2.08. The highest BCUT2D eigenvalue weighted by atomic mass is 32.2. The fraction of sp³-hybridized carbons (Fsp3) is 0.400. The van der Waals surface area contributed by atoms with E-state index in [0.717, 1.165) is 18.4 Å². The zero-order chi connectivity index (χ0) is 11.3. The lowest BCUT2D eigenvalue weighted by atomic mass is 10.1. The lowest BCUT2D eigenvalue weighted by Crippen LogP contribution is -1.98. The molecule has 0 amide bonds. The molecule has 0 bridgehead atoms. The lowest BCUT2D eigenvalue weighted by molar-refractivity contribution is 0.187. The number of hydrogen-bond donors (Lipinski definition) is 1. The Bertz CT molecular complexity index is 394. The van der Waals surface area contributed by atoms with Gasteiger partial charge in [0.1, 0.15) is 0 Å². The first-order chi connectivity index (χ1) is 7.04. The maximum atomic E-state index is 10.7. The Morgan fingerprint density at radius 3 is 2.13 bits per heavy atom. The van der Waals surface area contributed by atoms with E-state index in [1.807, 2.05) is 0 Å². The summed E-state index contributed by atoms with van der Waals surface area (Å²) in [7, 11) is -4.09. The predicted octanol–water partition coefficient (Wildman–Crippen LogP) is 1.69. The molecule has 1 aromatic carbocycles. The van der Waals surface area contributed by atoms with Crippen molar-refractivity contribution in [1.29, 1.82) is 0 Å². The van der Waals surface area contributed by atoms with Gasteiger partial charge in [-0.2, -0.15) is 8.42 Å². The molecule has 1 N–H and O–H groups in total. The summed E-state index contributed by atoms with van der Waals surface area (Å²) >= 11 is 0. The zero-order valence-corrected chi connectivity index (χ0v) is 9.03. The largest absolute Gasteiger partial charge is 0.294 e. The van der Waals surface area contributed by atoms with Crippen molar-refractivity contribution < 1.29 is 18.1 Å². The molecule has 0 saturated carbocycles. The Balaban J connectivity index is 2.65. The second-order valence-corrected chi connectivity index (χ2v) is 4.70. The fourth-order valence-corrected chi connectivity index (χ4v) is 1.74. The van der Waals surface area contributed by atoms with Gasteiger partial charge >= 0.3 is 0 Å². The van der Waals surface area contributed by atoms with Crippen LogP contribution in [0, 0.1) is 0 Å². The summed E-state index contributed by atoms with van der Waals surface area (Å²) in [4.78, 5) is -0.102. The van der Waals surface area contributed by atoms with Crippen molar-refractivity contribution in [2.24, 2.45) is 0 Å². The Morgan fingerprint density at radius 2 is 1.67 bits per heavy atom. The second-order valence-electron chi connectivity index (χ2n) is 3.28. The molecular weight excluding hydrogens is 216 g/mol. The first kappa shape index (κ1) is 12.2. The van der Waals surface area contributed by atoms with Gasteiger partial charge in [0.2, 0.25) is 0 Å². The van der Waals surface area contributed by atoms with Crippen LogP contribution in [0.5, 0.6) is 0 Å². The maximum absolute atomic E-state index is 10.7.